The second-order valence-corrected chi connectivity index (χ2v) is 6.67. The first-order valence-electron chi connectivity index (χ1n) is 9.31. The molecular weight excluding hydrogens is 354 g/mol. The van der Waals surface area contributed by atoms with E-state index in [-0.39, 0.29) is 17.6 Å². The average molecular weight is 375 g/mol. The number of hydrogen-bond acceptors (Lipinski definition) is 4. The van der Waals surface area contributed by atoms with Crippen molar-refractivity contribution >= 4 is 28.9 Å². The summed E-state index contributed by atoms with van der Waals surface area (Å²) >= 11 is 0. The SMILES string of the molecule is O=C(Nc1ccccc1N1CCCC1)c1ccc(NC(=O)c2ccco2)cc1. The van der Waals surface area contributed by atoms with Crippen LogP contribution < -0.4 is 15.5 Å². The monoisotopic (exact) mass is 375 g/mol. The summed E-state index contributed by atoms with van der Waals surface area (Å²) in [5, 5.41) is 5.74. The summed E-state index contributed by atoms with van der Waals surface area (Å²) in [6.07, 6.45) is 3.79. The highest BCUT2D eigenvalue weighted by Crippen LogP contribution is 2.29. The number of hydrogen-bond donors (Lipinski definition) is 2. The lowest BCUT2D eigenvalue weighted by Crippen LogP contribution is -2.21. The third kappa shape index (κ3) is 3.91. The van der Waals surface area contributed by atoms with Crippen LogP contribution in [0.5, 0.6) is 0 Å². The Morgan fingerprint density at radius 3 is 2.29 bits per heavy atom. The van der Waals surface area contributed by atoms with Gasteiger partial charge in [0.05, 0.1) is 17.6 Å². The van der Waals surface area contributed by atoms with Crippen LogP contribution in [0.3, 0.4) is 0 Å². The van der Waals surface area contributed by atoms with Crippen LogP contribution in [0.25, 0.3) is 0 Å². The molecule has 1 aliphatic heterocycles. The van der Waals surface area contributed by atoms with Crippen molar-refractivity contribution in [2.45, 2.75) is 12.8 Å². The van der Waals surface area contributed by atoms with Crippen LogP contribution in [-0.2, 0) is 0 Å². The molecule has 0 radical (unpaired) electrons. The number of nitrogens with zero attached hydrogens (tertiary/aromatic N) is 1. The van der Waals surface area contributed by atoms with Gasteiger partial charge in [0, 0.05) is 24.3 Å². The number of para-hydroxylation sites is 2. The lowest BCUT2D eigenvalue weighted by atomic mass is 10.1. The number of nitrogens with one attached hydrogen (secondary N) is 2. The fraction of sp³-hybridized carbons (Fsp3) is 0.182. The van der Waals surface area contributed by atoms with Crippen LogP contribution in [0.1, 0.15) is 33.8 Å². The predicted molar refractivity (Wildman–Crippen MR) is 109 cm³/mol. The molecule has 2 N–H and O–H groups in total. The maximum absolute atomic E-state index is 12.7. The number of anilines is 3. The Kier molecular flexibility index (Phi) is 5.10. The third-order valence-electron chi connectivity index (χ3n) is 4.75. The number of furan rings is 1. The van der Waals surface area contributed by atoms with Crippen molar-refractivity contribution < 1.29 is 14.0 Å². The van der Waals surface area contributed by atoms with E-state index in [1.165, 1.54) is 19.1 Å². The van der Waals surface area contributed by atoms with Crippen LogP contribution >= 0.6 is 0 Å². The van der Waals surface area contributed by atoms with Gasteiger partial charge in [0.15, 0.2) is 5.76 Å². The molecule has 1 fully saturated rings. The molecule has 1 aliphatic rings. The largest absolute Gasteiger partial charge is 0.459 e. The van der Waals surface area contributed by atoms with Gasteiger partial charge in [-0.1, -0.05) is 12.1 Å². The normalized spacial score (nSPS) is 13.4. The van der Waals surface area contributed by atoms with Gasteiger partial charge in [-0.05, 0) is 61.4 Å². The van der Waals surface area contributed by atoms with Gasteiger partial charge in [0.1, 0.15) is 0 Å². The van der Waals surface area contributed by atoms with Crippen LogP contribution in [0.4, 0.5) is 17.1 Å². The van der Waals surface area contributed by atoms with Crippen LogP contribution in [0, 0.1) is 0 Å². The van der Waals surface area contributed by atoms with E-state index in [4.69, 9.17) is 4.42 Å². The van der Waals surface area contributed by atoms with Crippen LogP contribution in [0.15, 0.2) is 71.3 Å². The average Bonchev–Trinajstić information content (AvgIpc) is 3.43. The van der Waals surface area contributed by atoms with Gasteiger partial charge in [-0.15, -0.1) is 0 Å². The van der Waals surface area contributed by atoms with E-state index < -0.39 is 0 Å². The van der Waals surface area contributed by atoms with Crippen molar-refractivity contribution in [2.24, 2.45) is 0 Å². The Labute approximate surface area is 163 Å². The van der Waals surface area contributed by atoms with Crippen molar-refractivity contribution in [3.05, 3.63) is 78.3 Å². The molecular formula is C22H21N3O3. The lowest BCUT2D eigenvalue weighted by Gasteiger charge is -2.21. The van der Waals surface area contributed by atoms with E-state index in [0.717, 1.165) is 24.5 Å². The van der Waals surface area contributed by atoms with Gasteiger partial charge in [0.2, 0.25) is 0 Å². The Morgan fingerprint density at radius 2 is 1.57 bits per heavy atom. The summed E-state index contributed by atoms with van der Waals surface area (Å²) in [6.45, 7) is 2.02. The third-order valence-corrected chi connectivity index (χ3v) is 4.75. The Hall–Kier alpha value is -3.54. The highest BCUT2D eigenvalue weighted by molar-refractivity contribution is 6.07. The van der Waals surface area contributed by atoms with E-state index in [9.17, 15) is 9.59 Å². The summed E-state index contributed by atoms with van der Waals surface area (Å²) in [6, 6.07) is 17.9. The topological polar surface area (TPSA) is 74.6 Å². The van der Waals surface area contributed by atoms with Crippen molar-refractivity contribution in [1.29, 1.82) is 0 Å². The molecule has 0 atom stereocenters. The van der Waals surface area contributed by atoms with Gasteiger partial charge >= 0.3 is 0 Å². The van der Waals surface area contributed by atoms with Crippen LogP contribution in [-0.4, -0.2) is 24.9 Å². The predicted octanol–water partition coefficient (Wildman–Crippen LogP) is 4.38. The van der Waals surface area contributed by atoms with Crippen molar-refractivity contribution in [3.63, 3.8) is 0 Å². The highest BCUT2D eigenvalue weighted by Gasteiger charge is 2.17. The fourth-order valence-electron chi connectivity index (χ4n) is 3.31. The zero-order chi connectivity index (χ0) is 19.3. The first-order valence-corrected chi connectivity index (χ1v) is 9.31. The zero-order valence-corrected chi connectivity index (χ0v) is 15.4. The molecule has 0 saturated carbocycles. The summed E-state index contributed by atoms with van der Waals surface area (Å²) in [4.78, 5) is 27.0. The summed E-state index contributed by atoms with van der Waals surface area (Å²) in [5.74, 6) is -0.280. The molecule has 6 heteroatoms. The summed E-state index contributed by atoms with van der Waals surface area (Å²) < 4.78 is 5.07. The molecule has 2 amide bonds. The van der Waals surface area contributed by atoms with E-state index in [0.29, 0.717) is 11.3 Å². The first kappa shape index (κ1) is 17.9. The molecule has 1 aromatic heterocycles. The molecule has 1 saturated heterocycles. The maximum Gasteiger partial charge on any atom is 0.291 e. The second kappa shape index (κ2) is 8.00. The molecule has 0 spiro atoms. The standard InChI is InChI=1S/C22H21N3O3/c26-21(24-18-6-1-2-7-19(18)25-13-3-4-14-25)16-9-11-17(12-10-16)23-22(27)20-8-5-15-28-20/h1-2,5-12,15H,3-4,13-14H2,(H,23,27)(H,24,26). The molecule has 2 heterocycles. The van der Waals surface area contributed by atoms with Gasteiger partial charge < -0.3 is 20.0 Å². The number of carbonyl (C=O) groups excluding carboxylic acids is 2. The molecule has 0 unspecified atom stereocenters. The van der Waals surface area contributed by atoms with E-state index in [1.807, 2.05) is 24.3 Å². The zero-order valence-electron chi connectivity index (χ0n) is 15.4. The molecule has 3 aromatic rings. The van der Waals surface area contributed by atoms with Crippen molar-refractivity contribution in [1.82, 2.24) is 0 Å². The number of carbonyl (C=O) groups is 2. The highest BCUT2D eigenvalue weighted by atomic mass is 16.3. The smallest absolute Gasteiger partial charge is 0.291 e. The van der Waals surface area contributed by atoms with Gasteiger partial charge in [0.25, 0.3) is 11.8 Å². The molecule has 28 heavy (non-hydrogen) atoms. The van der Waals surface area contributed by atoms with Crippen molar-refractivity contribution in [3.8, 4) is 0 Å². The van der Waals surface area contributed by atoms with Gasteiger partial charge in [-0.25, -0.2) is 0 Å². The van der Waals surface area contributed by atoms with Crippen molar-refractivity contribution in [2.75, 3.05) is 28.6 Å². The minimum Gasteiger partial charge on any atom is -0.459 e. The number of benzene rings is 2. The number of amides is 2. The molecule has 4 rings (SSSR count). The van der Waals surface area contributed by atoms with Crippen LogP contribution in [0.2, 0.25) is 0 Å². The van der Waals surface area contributed by atoms with E-state index in [2.05, 4.69) is 15.5 Å². The number of rotatable bonds is 5. The first-order chi connectivity index (χ1) is 13.7. The van der Waals surface area contributed by atoms with Gasteiger partial charge in [-0.2, -0.15) is 0 Å². The molecule has 142 valence electrons. The summed E-state index contributed by atoms with van der Waals surface area (Å²) in [7, 11) is 0. The Morgan fingerprint density at radius 1 is 0.821 bits per heavy atom. The van der Waals surface area contributed by atoms with E-state index >= 15 is 0 Å². The lowest BCUT2D eigenvalue weighted by molar-refractivity contribution is 0.0995. The second-order valence-electron chi connectivity index (χ2n) is 6.67. The molecule has 0 bridgehead atoms. The minimum absolute atomic E-state index is 0.185. The maximum atomic E-state index is 12.7. The van der Waals surface area contributed by atoms with Gasteiger partial charge in [-0.3, -0.25) is 9.59 Å². The fourth-order valence-corrected chi connectivity index (χ4v) is 3.31. The molecule has 0 aliphatic carbocycles. The molecule has 2 aromatic carbocycles. The quantitative estimate of drug-likeness (QED) is 0.694. The Bertz CT molecular complexity index is 959. The minimum atomic E-state index is -0.332. The van der Waals surface area contributed by atoms with E-state index in [1.54, 1.807) is 36.4 Å². The molecule has 6 nitrogen and oxygen atoms in total. The Balaban J connectivity index is 1.44. The summed E-state index contributed by atoms with van der Waals surface area (Å²) in [5.41, 5.74) is 2.97.